The van der Waals surface area contributed by atoms with E-state index in [0.29, 0.717) is 6.04 Å². The second-order valence-electron chi connectivity index (χ2n) is 4.46. The van der Waals surface area contributed by atoms with Crippen molar-refractivity contribution in [2.24, 2.45) is 5.14 Å². The second-order valence-corrected chi connectivity index (χ2v) is 6.02. The van der Waals surface area contributed by atoms with E-state index in [4.69, 9.17) is 5.14 Å². The molecule has 0 aromatic heterocycles. The van der Waals surface area contributed by atoms with Crippen LogP contribution < -0.4 is 15.8 Å². The van der Waals surface area contributed by atoms with Crippen LogP contribution in [0.5, 0.6) is 0 Å². The van der Waals surface area contributed by atoms with Crippen molar-refractivity contribution < 1.29 is 8.42 Å². The highest BCUT2D eigenvalue weighted by molar-refractivity contribution is 7.89. The van der Waals surface area contributed by atoms with E-state index in [1.807, 2.05) is 13.8 Å². The fourth-order valence-corrected chi connectivity index (χ4v) is 2.37. The van der Waals surface area contributed by atoms with Gasteiger partial charge in [-0.2, -0.15) is 0 Å². The first-order chi connectivity index (χ1) is 7.88. The molecule has 94 valence electrons. The van der Waals surface area contributed by atoms with E-state index in [0.717, 1.165) is 29.9 Å². The van der Waals surface area contributed by atoms with E-state index >= 15 is 0 Å². The smallest absolute Gasteiger partial charge is 0.238 e. The third-order valence-corrected chi connectivity index (χ3v) is 4.00. The fraction of sp³-hybridized carbons (Fsp3) is 0.455. The summed E-state index contributed by atoms with van der Waals surface area (Å²) < 4.78 is 22.7. The number of hydrogen-bond acceptors (Lipinski definition) is 4. The van der Waals surface area contributed by atoms with E-state index in [9.17, 15) is 8.42 Å². The highest BCUT2D eigenvalue weighted by Gasteiger charge is 2.19. The summed E-state index contributed by atoms with van der Waals surface area (Å²) in [5, 5.41) is 11.6. The zero-order chi connectivity index (χ0) is 12.6. The average Bonchev–Trinajstić information content (AvgIpc) is 2.15. The second kappa shape index (κ2) is 4.29. The predicted molar refractivity (Wildman–Crippen MR) is 67.6 cm³/mol. The van der Waals surface area contributed by atoms with Crippen LogP contribution in [0.15, 0.2) is 17.0 Å². The highest BCUT2D eigenvalue weighted by Crippen LogP contribution is 2.24. The molecule has 1 saturated heterocycles. The van der Waals surface area contributed by atoms with Crippen LogP contribution in [0.1, 0.15) is 11.1 Å². The van der Waals surface area contributed by atoms with E-state index in [1.54, 1.807) is 12.1 Å². The van der Waals surface area contributed by atoms with Gasteiger partial charge in [-0.1, -0.05) is 0 Å². The minimum absolute atomic E-state index is 0.162. The maximum Gasteiger partial charge on any atom is 0.238 e. The Morgan fingerprint density at radius 3 is 2.47 bits per heavy atom. The fourth-order valence-electron chi connectivity index (χ4n) is 1.75. The van der Waals surface area contributed by atoms with Crippen LogP contribution in [0, 0.1) is 13.8 Å². The lowest BCUT2D eigenvalue weighted by atomic mass is 10.1. The summed E-state index contributed by atoms with van der Waals surface area (Å²) >= 11 is 0. The van der Waals surface area contributed by atoms with Crippen LogP contribution in [-0.4, -0.2) is 27.5 Å². The number of sulfonamides is 1. The van der Waals surface area contributed by atoms with Crippen LogP contribution in [0.25, 0.3) is 0 Å². The molecule has 6 heteroatoms. The van der Waals surface area contributed by atoms with Gasteiger partial charge in [0.05, 0.1) is 10.9 Å². The first kappa shape index (κ1) is 12.3. The number of benzene rings is 1. The topological polar surface area (TPSA) is 84.2 Å². The van der Waals surface area contributed by atoms with Gasteiger partial charge in [0.25, 0.3) is 0 Å². The van der Waals surface area contributed by atoms with Gasteiger partial charge >= 0.3 is 0 Å². The molecular weight excluding hydrogens is 238 g/mol. The van der Waals surface area contributed by atoms with Gasteiger partial charge in [0.1, 0.15) is 0 Å². The number of rotatable bonds is 3. The zero-order valence-corrected chi connectivity index (χ0v) is 10.8. The molecule has 4 N–H and O–H groups in total. The molecule has 1 aromatic rings. The minimum atomic E-state index is -3.64. The van der Waals surface area contributed by atoms with Gasteiger partial charge in [-0.15, -0.1) is 0 Å². The molecule has 2 rings (SSSR count). The molecule has 1 aliphatic rings. The lowest BCUT2D eigenvalue weighted by molar-refractivity contribution is 0.472. The molecule has 0 radical (unpaired) electrons. The van der Waals surface area contributed by atoms with Crippen molar-refractivity contribution in [1.29, 1.82) is 0 Å². The Balaban J connectivity index is 2.39. The van der Waals surface area contributed by atoms with Crippen molar-refractivity contribution in [2.75, 3.05) is 18.4 Å². The highest BCUT2D eigenvalue weighted by atomic mass is 32.2. The van der Waals surface area contributed by atoms with E-state index in [2.05, 4.69) is 10.6 Å². The standard InChI is InChI=1S/C11H17N3O2S/c1-7-3-10(17(12,15)16)4-11(8(7)2)14-9-5-13-6-9/h3-4,9,13-14H,5-6H2,1-2H3,(H2,12,15,16). The first-order valence-electron chi connectivity index (χ1n) is 5.49. The van der Waals surface area contributed by atoms with Crippen molar-refractivity contribution >= 4 is 15.7 Å². The molecule has 0 atom stereocenters. The summed E-state index contributed by atoms with van der Waals surface area (Å²) in [5.41, 5.74) is 2.83. The van der Waals surface area contributed by atoms with Gasteiger partial charge in [0.2, 0.25) is 10.0 Å². The summed E-state index contributed by atoms with van der Waals surface area (Å²) in [4.78, 5) is 0.162. The molecule has 1 fully saturated rings. The lowest BCUT2D eigenvalue weighted by Gasteiger charge is -2.30. The summed E-state index contributed by atoms with van der Waals surface area (Å²) in [7, 11) is -3.64. The van der Waals surface area contributed by atoms with Gasteiger partial charge < -0.3 is 10.6 Å². The molecule has 1 aliphatic heterocycles. The summed E-state index contributed by atoms with van der Waals surface area (Å²) in [6, 6.07) is 3.58. The van der Waals surface area contributed by atoms with Crippen LogP contribution in [-0.2, 0) is 10.0 Å². The maximum absolute atomic E-state index is 11.4. The molecule has 0 saturated carbocycles. The summed E-state index contributed by atoms with van der Waals surface area (Å²) in [5.74, 6) is 0. The SMILES string of the molecule is Cc1cc(S(N)(=O)=O)cc(NC2CNC2)c1C. The lowest BCUT2D eigenvalue weighted by Crippen LogP contribution is -2.51. The molecule has 0 amide bonds. The number of anilines is 1. The zero-order valence-electron chi connectivity index (χ0n) is 9.95. The molecule has 0 aliphatic carbocycles. The summed E-state index contributed by atoms with van der Waals surface area (Å²) in [6.45, 7) is 5.65. The Bertz CT molecular complexity index is 536. The Labute approximate surface area is 101 Å². The molecule has 17 heavy (non-hydrogen) atoms. The number of aryl methyl sites for hydroxylation is 1. The molecule has 0 unspecified atom stereocenters. The monoisotopic (exact) mass is 255 g/mol. The maximum atomic E-state index is 11.4. The Kier molecular flexibility index (Phi) is 3.11. The number of hydrogen-bond donors (Lipinski definition) is 3. The Morgan fingerprint density at radius 2 is 2.00 bits per heavy atom. The van der Waals surface area contributed by atoms with Crippen LogP contribution in [0.4, 0.5) is 5.69 Å². The van der Waals surface area contributed by atoms with Gasteiger partial charge in [0.15, 0.2) is 0 Å². The first-order valence-corrected chi connectivity index (χ1v) is 7.04. The van der Waals surface area contributed by atoms with Crippen molar-refractivity contribution in [3.05, 3.63) is 23.3 Å². The predicted octanol–water partition coefficient (Wildman–Crippen LogP) is 0.335. The number of nitrogens with two attached hydrogens (primary N) is 1. The van der Waals surface area contributed by atoms with E-state index in [1.165, 1.54) is 0 Å². The van der Waals surface area contributed by atoms with Gasteiger partial charge in [0, 0.05) is 18.8 Å². The average molecular weight is 255 g/mol. The van der Waals surface area contributed by atoms with Crippen LogP contribution in [0.3, 0.4) is 0 Å². The molecule has 0 spiro atoms. The van der Waals surface area contributed by atoms with Crippen LogP contribution in [0.2, 0.25) is 0 Å². The molecule has 5 nitrogen and oxygen atoms in total. The van der Waals surface area contributed by atoms with E-state index in [-0.39, 0.29) is 4.90 Å². The normalized spacial score (nSPS) is 16.6. The van der Waals surface area contributed by atoms with Crippen molar-refractivity contribution in [1.82, 2.24) is 5.32 Å². The van der Waals surface area contributed by atoms with Gasteiger partial charge in [-0.05, 0) is 37.1 Å². The van der Waals surface area contributed by atoms with E-state index < -0.39 is 10.0 Å². The molecular formula is C11H17N3O2S. The molecule has 0 bridgehead atoms. The Hall–Kier alpha value is -1.11. The van der Waals surface area contributed by atoms with Gasteiger partial charge in [-0.3, -0.25) is 0 Å². The van der Waals surface area contributed by atoms with Gasteiger partial charge in [-0.25, -0.2) is 13.6 Å². The number of nitrogens with one attached hydrogen (secondary N) is 2. The largest absolute Gasteiger partial charge is 0.379 e. The third-order valence-electron chi connectivity index (χ3n) is 3.11. The number of primary sulfonamides is 1. The van der Waals surface area contributed by atoms with Crippen LogP contribution >= 0.6 is 0 Å². The third kappa shape index (κ3) is 2.59. The quantitative estimate of drug-likeness (QED) is 0.727. The van der Waals surface area contributed by atoms with Crippen molar-refractivity contribution in [3.8, 4) is 0 Å². The molecule has 1 aromatic carbocycles. The molecule has 1 heterocycles. The van der Waals surface area contributed by atoms with Crippen molar-refractivity contribution in [3.63, 3.8) is 0 Å². The minimum Gasteiger partial charge on any atom is -0.379 e. The summed E-state index contributed by atoms with van der Waals surface area (Å²) in [6.07, 6.45) is 0. The van der Waals surface area contributed by atoms with Crippen molar-refractivity contribution in [2.45, 2.75) is 24.8 Å². The Morgan fingerprint density at radius 1 is 1.35 bits per heavy atom.